The molecule has 3 aromatic rings. The summed E-state index contributed by atoms with van der Waals surface area (Å²) in [5.74, 6) is 0. The summed E-state index contributed by atoms with van der Waals surface area (Å²) < 4.78 is 2.28. The van der Waals surface area contributed by atoms with Crippen LogP contribution in [0.1, 0.15) is 4.88 Å². The van der Waals surface area contributed by atoms with Crippen molar-refractivity contribution in [2.75, 3.05) is 0 Å². The third-order valence-electron chi connectivity index (χ3n) is 2.70. The van der Waals surface area contributed by atoms with Gasteiger partial charge in [-0.15, -0.1) is 11.3 Å². The molecule has 1 aromatic carbocycles. The van der Waals surface area contributed by atoms with Gasteiger partial charge in [-0.2, -0.15) is 0 Å². The minimum atomic E-state index is 1.33. The van der Waals surface area contributed by atoms with Crippen LogP contribution >= 0.6 is 11.3 Å². The molecule has 0 aliphatic rings. The predicted octanol–water partition coefficient (Wildman–Crippen LogP) is 3.70. The van der Waals surface area contributed by atoms with E-state index in [1.165, 1.54) is 26.0 Å². The highest BCUT2D eigenvalue weighted by Crippen LogP contribution is 2.33. The first-order valence-electron chi connectivity index (χ1n) is 4.71. The molecule has 70 valence electrons. The molecule has 0 atom stereocenters. The first-order chi connectivity index (χ1) is 6.77. The number of aromatic nitrogens is 1. The number of rotatable bonds is 0. The van der Waals surface area contributed by atoms with Crippen molar-refractivity contribution in [1.82, 2.24) is 4.57 Å². The highest BCUT2D eigenvalue weighted by Gasteiger charge is 2.09. The van der Waals surface area contributed by atoms with Gasteiger partial charge in [-0.05, 0) is 19.1 Å². The second-order valence-electron chi connectivity index (χ2n) is 3.65. The maximum Gasteiger partial charge on any atom is 0.103 e. The van der Waals surface area contributed by atoms with Gasteiger partial charge in [0.15, 0.2) is 0 Å². The maximum atomic E-state index is 2.28. The summed E-state index contributed by atoms with van der Waals surface area (Å²) in [6, 6.07) is 10.9. The van der Waals surface area contributed by atoms with Crippen LogP contribution in [0.4, 0.5) is 0 Å². The second-order valence-corrected chi connectivity index (χ2v) is 4.89. The number of hydrogen-bond donors (Lipinski definition) is 0. The third-order valence-corrected chi connectivity index (χ3v) is 3.82. The topological polar surface area (TPSA) is 4.93 Å². The van der Waals surface area contributed by atoms with Gasteiger partial charge in [-0.3, -0.25) is 0 Å². The van der Waals surface area contributed by atoms with Gasteiger partial charge in [-0.1, -0.05) is 18.2 Å². The molecule has 3 rings (SSSR count). The molecule has 0 spiro atoms. The predicted molar refractivity (Wildman–Crippen MR) is 63.0 cm³/mol. The number of para-hydroxylation sites is 1. The van der Waals surface area contributed by atoms with Crippen LogP contribution in [0.3, 0.4) is 0 Å². The van der Waals surface area contributed by atoms with Crippen LogP contribution in [0, 0.1) is 6.92 Å². The van der Waals surface area contributed by atoms with Gasteiger partial charge in [0.1, 0.15) is 4.83 Å². The van der Waals surface area contributed by atoms with E-state index >= 15 is 0 Å². The van der Waals surface area contributed by atoms with Gasteiger partial charge < -0.3 is 4.57 Å². The van der Waals surface area contributed by atoms with Crippen molar-refractivity contribution in [3.05, 3.63) is 35.2 Å². The standard InChI is InChI=1S/C12H11NS/c1-8-7-10-9-5-3-4-6-11(9)13(2)12(10)14-8/h3-7H,1-2H3. The number of benzene rings is 1. The van der Waals surface area contributed by atoms with Crippen molar-refractivity contribution >= 4 is 32.5 Å². The number of aryl methyl sites for hydroxylation is 2. The Morgan fingerprint density at radius 1 is 1.14 bits per heavy atom. The first kappa shape index (κ1) is 8.06. The zero-order valence-electron chi connectivity index (χ0n) is 8.24. The van der Waals surface area contributed by atoms with Crippen LogP contribution in [0.5, 0.6) is 0 Å². The van der Waals surface area contributed by atoms with Gasteiger partial charge in [0.05, 0.1) is 0 Å². The van der Waals surface area contributed by atoms with E-state index in [-0.39, 0.29) is 0 Å². The van der Waals surface area contributed by atoms with Gasteiger partial charge in [-0.25, -0.2) is 0 Å². The highest BCUT2D eigenvalue weighted by atomic mass is 32.1. The number of fused-ring (bicyclic) bond motifs is 3. The minimum absolute atomic E-state index is 1.33. The quantitative estimate of drug-likeness (QED) is 0.522. The van der Waals surface area contributed by atoms with Crippen LogP contribution in [-0.2, 0) is 7.05 Å². The molecule has 0 N–H and O–H groups in total. The molecule has 14 heavy (non-hydrogen) atoms. The van der Waals surface area contributed by atoms with Crippen molar-refractivity contribution in [3.63, 3.8) is 0 Å². The lowest BCUT2D eigenvalue weighted by atomic mass is 10.2. The Balaban J connectivity index is 2.65. The van der Waals surface area contributed by atoms with Crippen LogP contribution in [0.2, 0.25) is 0 Å². The van der Waals surface area contributed by atoms with Crippen LogP contribution < -0.4 is 0 Å². The van der Waals surface area contributed by atoms with E-state index in [1.807, 2.05) is 11.3 Å². The van der Waals surface area contributed by atoms with Gasteiger partial charge >= 0.3 is 0 Å². The largest absolute Gasteiger partial charge is 0.335 e. The molecule has 0 unspecified atom stereocenters. The number of thiophene rings is 1. The third kappa shape index (κ3) is 0.891. The smallest absolute Gasteiger partial charge is 0.103 e. The summed E-state index contributed by atoms with van der Waals surface area (Å²) in [7, 11) is 2.14. The Hall–Kier alpha value is -1.28. The van der Waals surface area contributed by atoms with E-state index < -0.39 is 0 Å². The molecule has 2 aromatic heterocycles. The lowest BCUT2D eigenvalue weighted by molar-refractivity contribution is 1.02. The van der Waals surface area contributed by atoms with Crippen molar-refractivity contribution in [2.45, 2.75) is 6.92 Å². The summed E-state index contributed by atoms with van der Waals surface area (Å²) in [5.41, 5.74) is 1.33. The average molecular weight is 201 g/mol. The second kappa shape index (κ2) is 2.61. The maximum absolute atomic E-state index is 2.28. The minimum Gasteiger partial charge on any atom is -0.335 e. The van der Waals surface area contributed by atoms with Crippen LogP contribution in [0.15, 0.2) is 30.3 Å². The van der Waals surface area contributed by atoms with Crippen molar-refractivity contribution in [3.8, 4) is 0 Å². The molecule has 0 saturated heterocycles. The molecule has 0 fully saturated rings. The molecular weight excluding hydrogens is 190 g/mol. The summed E-state index contributed by atoms with van der Waals surface area (Å²) in [6.45, 7) is 2.17. The van der Waals surface area contributed by atoms with Gasteiger partial charge in [0.25, 0.3) is 0 Å². The van der Waals surface area contributed by atoms with Crippen molar-refractivity contribution < 1.29 is 0 Å². The Morgan fingerprint density at radius 2 is 1.93 bits per heavy atom. The molecule has 2 heterocycles. The fourth-order valence-corrected chi connectivity index (χ4v) is 3.04. The van der Waals surface area contributed by atoms with E-state index in [0.29, 0.717) is 0 Å². The van der Waals surface area contributed by atoms with Crippen molar-refractivity contribution in [2.24, 2.45) is 7.05 Å². The summed E-state index contributed by atoms with van der Waals surface area (Å²) >= 11 is 1.87. The molecular formula is C12H11NS. The summed E-state index contributed by atoms with van der Waals surface area (Å²) in [5, 5.41) is 2.76. The first-order valence-corrected chi connectivity index (χ1v) is 5.52. The summed E-state index contributed by atoms with van der Waals surface area (Å²) in [4.78, 5) is 2.76. The normalized spacial score (nSPS) is 11.6. The van der Waals surface area contributed by atoms with Gasteiger partial charge in [0.2, 0.25) is 0 Å². The van der Waals surface area contributed by atoms with E-state index in [4.69, 9.17) is 0 Å². The van der Waals surface area contributed by atoms with E-state index in [9.17, 15) is 0 Å². The Kier molecular flexibility index (Phi) is 1.50. The Bertz CT molecular complexity index is 616. The van der Waals surface area contributed by atoms with E-state index in [0.717, 1.165) is 0 Å². The Morgan fingerprint density at radius 3 is 2.79 bits per heavy atom. The van der Waals surface area contributed by atoms with E-state index in [2.05, 4.69) is 48.9 Å². The van der Waals surface area contributed by atoms with Gasteiger partial charge in [0, 0.05) is 28.2 Å². The zero-order chi connectivity index (χ0) is 9.71. The molecule has 0 saturated carbocycles. The Labute approximate surface area is 86.6 Å². The molecule has 1 nitrogen and oxygen atoms in total. The number of nitrogens with zero attached hydrogens (tertiary/aromatic N) is 1. The molecule has 0 radical (unpaired) electrons. The SMILES string of the molecule is Cc1cc2c3ccccc3n(C)c2s1. The lowest BCUT2D eigenvalue weighted by Gasteiger charge is -1.95. The highest BCUT2D eigenvalue weighted by molar-refractivity contribution is 7.18. The van der Waals surface area contributed by atoms with Crippen molar-refractivity contribution in [1.29, 1.82) is 0 Å². The molecule has 0 aliphatic carbocycles. The lowest BCUT2D eigenvalue weighted by Crippen LogP contribution is -1.83. The average Bonchev–Trinajstić information content (AvgIpc) is 2.68. The number of hydrogen-bond acceptors (Lipinski definition) is 1. The molecule has 2 heteroatoms. The fourth-order valence-electron chi connectivity index (χ4n) is 2.05. The fraction of sp³-hybridized carbons (Fsp3) is 0.167. The molecule has 0 aliphatic heterocycles. The molecule has 0 bridgehead atoms. The van der Waals surface area contributed by atoms with Crippen LogP contribution in [-0.4, -0.2) is 4.57 Å². The summed E-state index contributed by atoms with van der Waals surface area (Å²) in [6.07, 6.45) is 0. The monoisotopic (exact) mass is 201 g/mol. The van der Waals surface area contributed by atoms with Crippen LogP contribution in [0.25, 0.3) is 21.1 Å². The molecule has 0 amide bonds. The zero-order valence-corrected chi connectivity index (χ0v) is 9.06. The van der Waals surface area contributed by atoms with E-state index in [1.54, 1.807) is 0 Å².